The van der Waals surface area contributed by atoms with Crippen molar-refractivity contribution in [2.24, 2.45) is 5.14 Å². The van der Waals surface area contributed by atoms with E-state index in [-0.39, 0.29) is 48.0 Å². The molecule has 1 aliphatic heterocycles. The third kappa shape index (κ3) is 10.7. The van der Waals surface area contributed by atoms with Gasteiger partial charge in [-0.3, -0.25) is 9.78 Å². The van der Waals surface area contributed by atoms with Crippen LogP contribution in [0.2, 0.25) is 0 Å². The maximum atomic E-state index is 12.6. The predicted molar refractivity (Wildman–Crippen MR) is 163 cm³/mol. The molecule has 1 aromatic heterocycles. The number of amides is 1. The molecule has 1 amide bonds. The molecule has 2 aromatic carbocycles. The molecule has 4 rings (SSSR count). The first-order valence-corrected chi connectivity index (χ1v) is 13.8. The number of carbonyl (C=O) groups is 1. The lowest BCUT2D eigenvalue weighted by atomic mass is 10.1. The molecular weight excluding hydrogens is 581 g/mol. The highest BCUT2D eigenvalue weighted by Gasteiger charge is 2.13. The number of nitrogens with one attached hydrogen (secondary N) is 2. The van der Waals surface area contributed by atoms with Crippen molar-refractivity contribution in [3.8, 4) is 11.3 Å². The van der Waals surface area contributed by atoms with E-state index in [1.165, 1.54) is 25.0 Å². The molecule has 1 fully saturated rings. The van der Waals surface area contributed by atoms with E-state index in [1.54, 1.807) is 24.4 Å². The van der Waals surface area contributed by atoms with E-state index in [1.807, 2.05) is 24.3 Å². The molecule has 2 heterocycles. The summed E-state index contributed by atoms with van der Waals surface area (Å²) in [5.74, 6) is -0.0761. The third-order valence-corrected chi connectivity index (χ3v) is 7.26. The fourth-order valence-corrected chi connectivity index (χ4v) is 4.83. The Hall–Kier alpha value is -2.24. The average Bonchev–Trinajstić information content (AvgIpc) is 3.40. The molecule has 0 aliphatic carbocycles. The maximum absolute atomic E-state index is 12.6. The van der Waals surface area contributed by atoms with Gasteiger partial charge in [0.25, 0.3) is 5.91 Å². The van der Waals surface area contributed by atoms with E-state index < -0.39 is 10.0 Å². The van der Waals surface area contributed by atoms with Crippen LogP contribution in [0.25, 0.3) is 11.3 Å². The predicted octanol–water partition coefficient (Wildman–Crippen LogP) is 3.82. The molecule has 0 atom stereocenters. The summed E-state index contributed by atoms with van der Waals surface area (Å²) in [6, 6.07) is 18.3. The van der Waals surface area contributed by atoms with Crippen LogP contribution < -0.4 is 15.8 Å². The van der Waals surface area contributed by atoms with Crippen LogP contribution in [-0.4, -0.2) is 56.9 Å². The van der Waals surface area contributed by atoms with Crippen molar-refractivity contribution in [1.82, 2.24) is 20.5 Å². The summed E-state index contributed by atoms with van der Waals surface area (Å²) in [5.41, 5.74) is 4.47. The molecule has 12 heteroatoms. The lowest BCUT2D eigenvalue weighted by Gasteiger charge is -2.14. The molecule has 8 nitrogen and oxygen atoms in total. The first kappa shape index (κ1) is 34.8. The van der Waals surface area contributed by atoms with Crippen molar-refractivity contribution < 1.29 is 13.2 Å². The molecule has 1 saturated heterocycles. The number of aromatic nitrogens is 1. The van der Waals surface area contributed by atoms with E-state index in [0.717, 1.165) is 55.0 Å². The Labute approximate surface area is 249 Å². The molecule has 3 aromatic rings. The average molecular weight is 617 g/mol. The first-order valence-electron chi connectivity index (χ1n) is 12.3. The maximum Gasteiger partial charge on any atom is 0.251 e. The monoisotopic (exact) mass is 615 g/mol. The van der Waals surface area contributed by atoms with Crippen molar-refractivity contribution in [2.45, 2.75) is 30.7 Å². The summed E-state index contributed by atoms with van der Waals surface area (Å²) in [4.78, 5) is 19.6. The third-order valence-electron chi connectivity index (χ3n) is 6.33. The fourth-order valence-electron chi connectivity index (χ4n) is 4.32. The second kappa shape index (κ2) is 16.8. The van der Waals surface area contributed by atoms with Gasteiger partial charge >= 0.3 is 0 Å². The topological polar surface area (TPSA) is 117 Å². The van der Waals surface area contributed by atoms with Crippen LogP contribution in [0.1, 0.15) is 34.3 Å². The van der Waals surface area contributed by atoms with Gasteiger partial charge in [0.1, 0.15) is 0 Å². The number of halogens is 3. The van der Waals surface area contributed by atoms with E-state index >= 15 is 0 Å². The Bertz CT molecular complexity index is 1290. The highest BCUT2D eigenvalue weighted by molar-refractivity contribution is 7.89. The minimum absolute atomic E-state index is 0. The van der Waals surface area contributed by atoms with E-state index in [0.29, 0.717) is 18.7 Å². The Morgan fingerprint density at radius 1 is 0.923 bits per heavy atom. The lowest BCUT2D eigenvalue weighted by Crippen LogP contribution is -2.33. The fraction of sp³-hybridized carbons (Fsp3) is 0.333. The van der Waals surface area contributed by atoms with E-state index in [4.69, 9.17) is 5.14 Å². The summed E-state index contributed by atoms with van der Waals surface area (Å²) in [6.45, 7) is 5.20. The van der Waals surface area contributed by atoms with Crippen LogP contribution >= 0.6 is 37.2 Å². The second-order valence-electron chi connectivity index (χ2n) is 9.05. The molecule has 4 N–H and O–H groups in total. The van der Waals surface area contributed by atoms with Crippen molar-refractivity contribution in [3.05, 3.63) is 83.6 Å². The van der Waals surface area contributed by atoms with Crippen LogP contribution in [-0.2, 0) is 23.0 Å². The highest BCUT2D eigenvalue weighted by atomic mass is 35.5. The highest BCUT2D eigenvalue weighted by Crippen LogP contribution is 2.19. The summed E-state index contributed by atoms with van der Waals surface area (Å²) in [5, 5.41) is 11.6. The Morgan fingerprint density at radius 3 is 2.33 bits per heavy atom. The van der Waals surface area contributed by atoms with Crippen LogP contribution in [0.4, 0.5) is 0 Å². The largest absolute Gasteiger partial charge is 0.351 e. The molecule has 0 bridgehead atoms. The van der Waals surface area contributed by atoms with Crippen LogP contribution in [0, 0.1) is 0 Å². The Kier molecular flexibility index (Phi) is 15.0. The number of benzene rings is 2. The lowest BCUT2D eigenvalue weighted by molar-refractivity contribution is 0.0949. The van der Waals surface area contributed by atoms with Crippen LogP contribution in [0.15, 0.2) is 71.8 Å². The summed E-state index contributed by atoms with van der Waals surface area (Å²) in [7, 11) is -3.67. The van der Waals surface area contributed by atoms with Gasteiger partial charge in [-0.1, -0.05) is 30.3 Å². The number of carbonyl (C=O) groups excluding carboxylic acids is 1. The van der Waals surface area contributed by atoms with Gasteiger partial charge in [-0.15, -0.1) is 37.2 Å². The summed E-state index contributed by atoms with van der Waals surface area (Å²) >= 11 is 0. The van der Waals surface area contributed by atoms with Crippen molar-refractivity contribution in [1.29, 1.82) is 0 Å². The quantitative estimate of drug-likeness (QED) is 0.282. The summed E-state index contributed by atoms with van der Waals surface area (Å²) < 4.78 is 22.7. The smallest absolute Gasteiger partial charge is 0.251 e. The van der Waals surface area contributed by atoms with Gasteiger partial charge in [0, 0.05) is 37.0 Å². The van der Waals surface area contributed by atoms with Gasteiger partial charge < -0.3 is 15.5 Å². The molecule has 0 saturated carbocycles. The number of nitrogens with two attached hydrogens (primary N) is 1. The zero-order valence-corrected chi connectivity index (χ0v) is 24.8. The molecule has 0 radical (unpaired) electrons. The van der Waals surface area contributed by atoms with Gasteiger partial charge in [0.2, 0.25) is 10.0 Å². The van der Waals surface area contributed by atoms with Gasteiger partial charge in [-0.2, -0.15) is 0 Å². The Balaban J connectivity index is 0.00000253. The van der Waals surface area contributed by atoms with Crippen molar-refractivity contribution in [3.63, 3.8) is 0 Å². The number of hydrogen-bond donors (Lipinski definition) is 3. The summed E-state index contributed by atoms with van der Waals surface area (Å²) in [6.07, 6.45) is 4.93. The van der Waals surface area contributed by atoms with Gasteiger partial charge in [0.05, 0.1) is 10.6 Å². The van der Waals surface area contributed by atoms with Crippen LogP contribution in [0.5, 0.6) is 0 Å². The number of sulfonamides is 1. The van der Waals surface area contributed by atoms with Gasteiger partial charge in [-0.25, -0.2) is 13.6 Å². The number of hydrogen-bond acceptors (Lipinski definition) is 6. The molecule has 39 heavy (non-hydrogen) atoms. The Morgan fingerprint density at radius 2 is 1.64 bits per heavy atom. The molecule has 0 unspecified atom stereocenters. The number of primary sulfonamides is 1. The number of rotatable bonds is 11. The number of pyridine rings is 1. The van der Waals surface area contributed by atoms with E-state index in [2.05, 4.69) is 26.6 Å². The van der Waals surface area contributed by atoms with Gasteiger partial charge in [-0.05, 0) is 80.4 Å². The first-order chi connectivity index (χ1) is 17.4. The zero-order valence-electron chi connectivity index (χ0n) is 21.5. The molecule has 0 spiro atoms. The zero-order chi connectivity index (χ0) is 25.4. The standard InChI is InChI=1S/C27H33N5O3S.3ClH/c28-36(34,35)25-8-6-21(7-9-25)10-12-29-20-22-4-3-5-23(18-22)26-19-24(11-13-30-26)27(33)31-14-17-32-15-1-2-16-32;;;/h3-9,11,13,18-19,29H,1-2,10,12,14-17,20H2,(H,31,33)(H2,28,34,35);3*1H. The number of nitrogens with zero attached hydrogens (tertiary/aromatic N) is 2. The molecule has 214 valence electrons. The van der Waals surface area contributed by atoms with Crippen LogP contribution in [0.3, 0.4) is 0 Å². The number of likely N-dealkylation sites (tertiary alicyclic amines) is 1. The molecular formula is C27H36Cl3N5O3S. The normalized spacial score (nSPS) is 13.1. The minimum atomic E-state index is -3.67. The SMILES string of the molecule is Cl.Cl.Cl.NS(=O)(=O)c1ccc(CCNCc2cccc(-c3cc(C(=O)NCCN4CCCC4)ccn3)c2)cc1. The van der Waals surface area contributed by atoms with Crippen molar-refractivity contribution >= 4 is 53.2 Å². The second-order valence-corrected chi connectivity index (χ2v) is 10.6. The van der Waals surface area contributed by atoms with E-state index in [9.17, 15) is 13.2 Å². The van der Waals surface area contributed by atoms with Gasteiger partial charge in [0.15, 0.2) is 0 Å². The van der Waals surface area contributed by atoms with Crippen molar-refractivity contribution in [2.75, 3.05) is 32.7 Å². The molecule has 1 aliphatic rings. The minimum Gasteiger partial charge on any atom is -0.351 e.